The minimum Gasteiger partial charge on any atom is -0.310 e. The Labute approximate surface area is 112 Å². The summed E-state index contributed by atoms with van der Waals surface area (Å²) in [5.41, 5.74) is 4.20. The smallest absolute Gasteiger partial charge is 0.0326 e. The average Bonchev–Trinajstić information content (AvgIpc) is 2.38. The molecule has 1 unspecified atom stereocenters. The van der Waals surface area contributed by atoms with Gasteiger partial charge in [0.1, 0.15) is 0 Å². The summed E-state index contributed by atoms with van der Waals surface area (Å²) in [6.45, 7) is 11.7. The van der Waals surface area contributed by atoms with Crippen LogP contribution in [0.25, 0.3) is 0 Å². The van der Waals surface area contributed by atoms with E-state index in [0.29, 0.717) is 6.04 Å². The first-order valence-corrected chi connectivity index (χ1v) is 7.14. The molecular formula is C17H27N. The normalized spacial score (nSPS) is 12.4. The highest BCUT2D eigenvalue weighted by atomic mass is 14.9. The van der Waals surface area contributed by atoms with Crippen LogP contribution in [-0.2, 0) is 6.42 Å². The molecule has 0 bridgehead atoms. The van der Waals surface area contributed by atoms with Gasteiger partial charge in [0.05, 0.1) is 0 Å². The first kappa shape index (κ1) is 15.0. The number of aryl methyl sites for hydroxylation is 1. The Bertz CT molecular complexity index is 368. The van der Waals surface area contributed by atoms with Crippen molar-refractivity contribution >= 4 is 0 Å². The summed E-state index contributed by atoms with van der Waals surface area (Å²) in [6.07, 6.45) is 4.52. The van der Waals surface area contributed by atoms with Crippen molar-refractivity contribution in [2.75, 3.05) is 6.54 Å². The second kappa shape index (κ2) is 8.10. The van der Waals surface area contributed by atoms with E-state index >= 15 is 0 Å². The van der Waals surface area contributed by atoms with Gasteiger partial charge in [0.2, 0.25) is 0 Å². The molecule has 1 nitrogen and oxygen atoms in total. The molecule has 1 N–H and O–H groups in total. The van der Waals surface area contributed by atoms with Gasteiger partial charge in [-0.3, -0.25) is 0 Å². The predicted octanol–water partition coefficient (Wildman–Crippen LogP) is 4.65. The molecule has 0 amide bonds. The molecule has 18 heavy (non-hydrogen) atoms. The van der Waals surface area contributed by atoms with E-state index in [4.69, 9.17) is 0 Å². The Morgan fingerprint density at radius 2 is 2.00 bits per heavy atom. The zero-order chi connectivity index (χ0) is 13.4. The number of hydrogen-bond acceptors (Lipinski definition) is 1. The van der Waals surface area contributed by atoms with Gasteiger partial charge in [-0.05, 0) is 50.3 Å². The van der Waals surface area contributed by atoms with E-state index in [1.165, 1.54) is 23.1 Å². The Balaban J connectivity index is 2.82. The molecule has 1 aromatic carbocycles. The van der Waals surface area contributed by atoms with E-state index in [0.717, 1.165) is 25.8 Å². The van der Waals surface area contributed by atoms with Crippen molar-refractivity contribution in [2.24, 2.45) is 0 Å². The SMILES string of the molecule is C=C(C)CCC(NCCC)c1ccccc1CC. The molecular weight excluding hydrogens is 218 g/mol. The summed E-state index contributed by atoms with van der Waals surface area (Å²) in [4.78, 5) is 0. The maximum atomic E-state index is 4.02. The lowest BCUT2D eigenvalue weighted by atomic mass is 9.94. The van der Waals surface area contributed by atoms with Gasteiger partial charge in [0.15, 0.2) is 0 Å². The van der Waals surface area contributed by atoms with Gasteiger partial charge in [-0.15, -0.1) is 6.58 Å². The third-order valence-electron chi connectivity index (χ3n) is 3.31. The first-order valence-electron chi connectivity index (χ1n) is 7.14. The van der Waals surface area contributed by atoms with Gasteiger partial charge in [-0.25, -0.2) is 0 Å². The summed E-state index contributed by atoms with van der Waals surface area (Å²) < 4.78 is 0. The molecule has 0 aromatic heterocycles. The molecule has 0 aliphatic heterocycles. The molecule has 0 aliphatic rings. The van der Waals surface area contributed by atoms with E-state index in [1.54, 1.807) is 0 Å². The summed E-state index contributed by atoms with van der Waals surface area (Å²) in [6, 6.07) is 9.27. The predicted molar refractivity (Wildman–Crippen MR) is 80.9 cm³/mol. The van der Waals surface area contributed by atoms with Gasteiger partial charge in [0.25, 0.3) is 0 Å². The lowest BCUT2D eigenvalue weighted by Gasteiger charge is -2.21. The third-order valence-corrected chi connectivity index (χ3v) is 3.31. The molecule has 0 spiro atoms. The minimum atomic E-state index is 0.470. The zero-order valence-corrected chi connectivity index (χ0v) is 12.1. The Kier molecular flexibility index (Phi) is 6.74. The number of rotatable bonds is 8. The van der Waals surface area contributed by atoms with Crippen LogP contribution in [-0.4, -0.2) is 6.54 Å². The quantitative estimate of drug-likeness (QED) is 0.658. The highest BCUT2D eigenvalue weighted by Crippen LogP contribution is 2.24. The lowest BCUT2D eigenvalue weighted by molar-refractivity contribution is 0.496. The molecule has 0 aliphatic carbocycles. The standard InChI is InChI=1S/C17H27N/c1-5-13-18-17(12-11-14(3)4)16-10-8-7-9-15(16)6-2/h7-10,17-18H,3,5-6,11-13H2,1-2,4H3. The van der Waals surface area contributed by atoms with E-state index < -0.39 is 0 Å². The Morgan fingerprint density at radius 1 is 1.28 bits per heavy atom. The second-order valence-corrected chi connectivity index (χ2v) is 5.05. The van der Waals surface area contributed by atoms with Crippen LogP contribution in [0.3, 0.4) is 0 Å². The summed E-state index contributed by atoms with van der Waals surface area (Å²) >= 11 is 0. The van der Waals surface area contributed by atoms with Gasteiger partial charge >= 0.3 is 0 Å². The molecule has 1 aromatic rings. The van der Waals surface area contributed by atoms with Crippen molar-refractivity contribution in [1.29, 1.82) is 0 Å². The Hall–Kier alpha value is -1.08. The number of hydrogen-bond donors (Lipinski definition) is 1. The Morgan fingerprint density at radius 3 is 2.61 bits per heavy atom. The molecule has 0 radical (unpaired) electrons. The molecule has 100 valence electrons. The molecule has 0 fully saturated rings. The van der Waals surface area contributed by atoms with Crippen LogP contribution in [0, 0.1) is 0 Å². The molecule has 1 rings (SSSR count). The van der Waals surface area contributed by atoms with Crippen LogP contribution in [0.15, 0.2) is 36.4 Å². The minimum absolute atomic E-state index is 0.470. The molecule has 0 heterocycles. The highest BCUT2D eigenvalue weighted by Gasteiger charge is 2.13. The molecule has 0 saturated heterocycles. The third kappa shape index (κ3) is 4.66. The topological polar surface area (TPSA) is 12.0 Å². The molecule has 1 atom stereocenters. The molecule has 0 saturated carbocycles. The maximum Gasteiger partial charge on any atom is 0.0326 e. The fourth-order valence-electron chi connectivity index (χ4n) is 2.27. The van der Waals surface area contributed by atoms with E-state index in [1.807, 2.05) is 0 Å². The lowest BCUT2D eigenvalue weighted by Crippen LogP contribution is -2.23. The monoisotopic (exact) mass is 245 g/mol. The van der Waals surface area contributed by atoms with Crippen molar-refractivity contribution in [3.05, 3.63) is 47.5 Å². The summed E-state index contributed by atoms with van der Waals surface area (Å²) in [7, 11) is 0. The van der Waals surface area contributed by atoms with Crippen LogP contribution in [0.4, 0.5) is 0 Å². The van der Waals surface area contributed by atoms with Gasteiger partial charge in [-0.2, -0.15) is 0 Å². The van der Waals surface area contributed by atoms with Crippen molar-refractivity contribution in [3.63, 3.8) is 0 Å². The van der Waals surface area contributed by atoms with Crippen molar-refractivity contribution < 1.29 is 0 Å². The highest BCUT2D eigenvalue weighted by molar-refractivity contribution is 5.30. The number of nitrogens with one attached hydrogen (secondary N) is 1. The van der Waals surface area contributed by atoms with Crippen molar-refractivity contribution in [2.45, 2.75) is 52.5 Å². The van der Waals surface area contributed by atoms with Crippen molar-refractivity contribution in [1.82, 2.24) is 5.32 Å². The van der Waals surface area contributed by atoms with Gasteiger partial charge in [-0.1, -0.05) is 43.7 Å². The van der Waals surface area contributed by atoms with E-state index in [-0.39, 0.29) is 0 Å². The maximum absolute atomic E-state index is 4.02. The zero-order valence-electron chi connectivity index (χ0n) is 12.1. The van der Waals surface area contributed by atoms with E-state index in [9.17, 15) is 0 Å². The number of allylic oxidation sites excluding steroid dienone is 1. The van der Waals surface area contributed by atoms with Crippen LogP contribution in [0.5, 0.6) is 0 Å². The largest absolute Gasteiger partial charge is 0.310 e. The van der Waals surface area contributed by atoms with Crippen LogP contribution >= 0.6 is 0 Å². The molecule has 1 heteroatoms. The average molecular weight is 245 g/mol. The van der Waals surface area contributed by atoms with Crippen molar-refractivity contribution in [3.8, 4) is 0 Å². The van der Waals surface area contributed by atoms with Crippen LogP contribution in [0.2, 0.25) is 0 Å². The second-order valence-electron chi connectivity index (χ2n) is 5.05. The van der Waals surface area contributed by atoms with Gasteiger partial charge in [0, 0.05) is 6.04 Å². The van der Waals surface area contributed by atoms with E-state index in [2.05, 4.69) is 56.9 Å². The van der Waals surface area contributed by atoms with Crippen LogP contribution in [0.1, 0.15) is 57.2 Å². The number of benzene rings is 1. The summed E-state index contributed by atoms with van der Waals surface area (Å²) in [5, 5.41) is 3.67. The van der Waals surface area contributed by atoms with Gasteiger partial charge < -0.3 is 5.32 Å². The fraction of sp³-hybridized carbons (Fsp3) is 0.529. The fourth-order valence-corrected chi connectivity index (χ4v) is 2.27. The summed E-state index contributed by atoms with van der Waals surface area (Å²) in [5.74, 6) is 0. The first-order chi connectivity index (χ1) is 8.69. The van der Waals surface area contributed by atoms with Crippen LogP contribution < -0.4 is 5.32 Å².